The van der Waals surface area contributed by atoms with E-state index in [1.165, 1.54) is 25.7 Å². The summed E-state index contributed by atoms with van der Waals surface area (Å²) in [6.07, 6.45) is 8.00. The van der Waals surface area contributed by atoms with E-state index in [0.717, 1.165) is 17.5 Å². The third kappa shape index (κ3) is 4.36. The average molecular weight is 212 g/mol. The van der Waals surface area contributed by atoms with Crippen LogP contribution >= 0.6 is 0 Å². The summed E-state index contributed by atoms with van der Waals surface area (Å²) in [6.45, 7) is 6.02. The van der Waals surface area contributed by atoms with Crippen LogP contribution in [0, 0.1) is 11.8 Å². The van der Waals surface area contributed by atoms with E-state index in [0.29, 0.717) is 0 Å². The topological polar surface area (TPSA) is 0 Å². The monoisotopic (exact) mass is 212 g/mol. The molecule has 0 fully saturated rings. The zero-order valence-electron chi connectivity index (χ0n) is 10.1. The maximum atomic E-state index is 3.79. The Kier molecular flexibility index (Phi) is 6.11. The van der Waals surface area contributed by atoms with E-state index in [2.05, 4.69) is 31.4 Å². The fraction of sp³-hybridized carbons (Fsp3) is 0.375. The molecule has 0 saturated carbocycles. The second-order valence-corrected chi connectivity index (χ2v) is 3.90. The number of unbranched alkanes of at least 4 members (excludes halogenated alkanes) is 4. The minimum absolute atomic E-state index is 1.01. The lowest BCUT2D eigenvalue weighted by Crippen LogP contribution is -1.80. The standard InChI is InChI=1S/C16H20/c1-3-5-6-7-8-9-13-16-14-11-10-12-15(16)4-2/h4,10-12,14H,2-3,5-8H2,1H3. The van der Waals surface area contributed by atoms with Crippen LogP contribution in [0.3, 0.4) is 0 Å². The first kappa shape index (κ1) is 12.6. The lowest BCUT2D eigenvalue weighted by atomic mass is 10.1. The summed E-state index contributed by atoms with van der Waals surface area (Å²) < 4.78 is 0. The van der Waals surface area contributed by atoms with Crippen molar-refractivity contribution in [3.63, 3.8) is 0 Å². The van der Waals surface area contributed by atoms with Crippen molar-refractivity contribution in [3.05, 3.63) is 42.0 Å². The van der Waals surface area contributed by atoms with Crippen LogP contribution in [0.5, 0.6) is 0 Å². The van der Waals surface area contributed by atoms with Crippen LogP contribution in [0.15, 0.2) is 30.8 Å². The van der Waals surface area contributed by atoms with Gasteiger partial charge in [-0.25, -0.2) is 0 Å². The van der Waals surface area contributed by atoms with Gasteiger partial charge in [0.25, 0.3) is 0 Å². The molecule has 0 nitrogen and oxygen atoms in total. The van der Waals surface area contributed by atoms with Crippen LogP contribution in [0.25, 0.3) is 6.08 Å². The van der Waals surface area contributed by atoms with Gasteiger partial charge in [0.2, 0.25) is 0 Å². The maximum absolute atomic E-state index is 3.79. The van der Waals surface area contributed by atoms with Gasteiger partial charge in [-0.1, -0.05) is 68.9 Å². The predicted octanol–water partition coefficient (Wildman–Crippen LogP) is 4.65. The largest absolute Gasteiger partial charge is 0.0984 e. The van der Waals surface area contributed by atoms with Crippen molar-refractivity contribution in [1.29, 1.82) is 0 Å². The van der Waals surface area contributed by atoms with Crippen LogP contribution in [0.1, 0.15) is 50.2 Å². The van der Waals surface area contributed by atoms with Crippen molar-refractivity contribution in [1.82, 2.24) is 0 Å². The molecular weight excluding hydrogens is 192 g/mol. The molecule has 16 heavy (non-hydrogen) atoms. The minimum Gasteiger partial charge on any atom is -0.0984 e. The van der Waals surface area contributed by atoms with Crippen LogP contribution in [0.2, 0.25) is 0 Å². The molecule has 0 heteroatoms. The number of rotatable bonds is 5. The molecule has 0 aromatic heterocycles. The first-order valence-corrected chi connectivity index (χ1v) is 6.08. The number of benzene rings is 1. The molecule has 84 valence electrons. The quantitative estimate of drug-likeness (QED) is 0.492. The molecule has 0 aliphatic carbocycles. The van der Waals surface area contributed by atoms with Crippen molar-refractivity contribution in [2.75, 3.05) is 0 Å². The van der Waals surface area contributed by atoms with Gasteiger partial charge in [-0.3, -0.25) is 0 Å². The molecule has 1 aromatic carbocycles. The zero-order valence-corrected chi connectivity index (χ0v) is 10.1. The molecule has 0 heterocycles. The lowest BCUT2D eigenvalue weighted by molar-refractivity contribution is 0.679. The fourth-order valence-electron chi connectivity index (χ4n) is 1.59. The number of hydrogen-bond donors (Lipinski definition) is 0. The molecule has 0 aliphatic rings. The van der Waals surface area contributed by atoms with Crippen LogP contribution < -0.4 is 0 Å². The molecule has 0 unspecified atom stereocenters. The maximum Gasteiger partial charge on any atom is 0.0317 e. The molecule has 0 aliphatic heterocycles. The zero-order chi connectivity index (χ0) is 11.6. The van der Waals surface area contributed by atoms with E-state index < -0.39 is 0 Å². The molecule has 0 spiro atoms. The van der Waals surface area contributed by atoms with Gasteiger partial charge in [-0.2, -0.15) is 0 Å². The predicted molar refractivity (Wildman–Crippen MR) is 72.2 cm³/mol. The lowest BCUT2D eigenvalue weighted by Gasteiger charge is -1.96. The Morgan fingerprint density at radius 3 is 2.75 bits per heavy atom. The van der Waals surface area contributed by atoms with Crippen molar-refractivity contribution < 1.29 is 0 Å². The van der Waals surface area contributed by atoms with Gasteiger partial charge in [0.1, 0.15) is 0 Å². The summed E-state index contributed by atoms with van der Waals surface area (Å²) in [6, 6.07) is 8.14. The van der Waals surface area contributed by atoms with E-state index >= 15 is 0 Å². The van der Waals surface area contributed by atoms with E-state index in [-0.39, 0.29) is 0 Å². The molecule has 1 rings (SSSR count). The Labute approximate surface area is 99.4 Å². The SMILES string of the molecule is C=Cc1ccccc1C#CCCCCCC. The van der Waals surface area contributed by atoms with Crippen molar-refractivity contribution >= 4 is 6.08 Å². The van der Waals surface area contributed by atoms with Gasteiger partial charge in [0.15, 0.2) is 0 Å². The summed E-state index contributed by atoms with van der Waals surface area (Å²) in [4.78, 5) is 0. The van der Waals surface area contributed by atoms with Crippen molar-refractivity contribution in [3.8, 4) is 11.8 Å². The Morgan fingerprint density at radius 2 is 2.00 bits per heavy atom. The van der Waals surface area contributed by atoms with Crippen LogP contribution in [0.4, 0.5) is 0 Å². The smallest absolute Gasteiger partial charge is 0.0317 e. The molecule has 0 amide bonds. The van der Waals surface area contributed by atoms with Gasteiger partial charge < -0.3 is 0 Å². The Bertz CT molecular complexity index is 377. The van der Waals surface area contributed by atoms with Gasteiger partial charge in [-0.05, 0) is 18.1 Å². The number of hydrogen-bond acceptors (Lipinski definition) is 0. The van der Waals surface area contributed by atoms with Gasteiger partial charge >= 0.3 is 0 Å². The molecular formula is C16H20. The normalized spacial score (nSPS) is 9.31. The second kappa shape index (κ2) is 7.77. The fourth-order valence-corrected chi connectivity index (χ4v) is 1.59. The van der Waals surface area contributed by atoms with E-state index in [4.69, 9.17) is 0 Å². The van der Waals surface area contributed by atoms with Crippen molar-refractivity contribution in [2.45, 2.75) is 39.0 Å². The average Bonchev–Trinajstić information content (AvgIpc) is 2.34. The van der Waals surface area contributed by atoms with Crippen molar-refractivity contribution in [2.24, 2.45) is 0 Å². The van der Waals surface area contributed by atoms with Gasteiger partial charge in [0, 0.05) is 12.0 Å². The molecule has 0 atom stereocenters. The van der Waals surface area contributed by atoms with E-state index in [1.807, 2.05) is 24.3 Å². The summed E-state index contributed by atoms with van der Waals surface area (Å²) in [5.41, 5.74) is 2.22. The highest BCUT2D eigenvalue weighted by Crippen LogP contribution is 2.08. The third-order valence-corrected chi connectivity index (χ3v) is 2.56. The highest BCUT2D eigenvalue weighted by Gasteiger charge is 1.92. The molecule has 0 N–H and O–H groups in total. The first-order chi connectivity index (χ1) is 7.88. The highest BCUT2D eigenvalue weighted by atomic mass is 14.0. The molecule has 0 bridgehead atoms. The summed E-state index contributed by atoms with van der Waals surface area (Å²) in [7, 11) is 0. The second-order valence-electron chi connectivity index (χ2n) is 3.90. The Balaban J connectivity index is 2.46. The first-order valence-electron chi connectivity index (χ1n) is 6.08. The van der Waals surface area contributed by atoms with Gasteiger partial charge in [0.05, 0.1) is 0 Å². The summed E-state index contributed by atoms with van der Waals surface area (Å²) in [5, 5.41) is 0. The van der Waals surface area contributed by atoms with Crippen LogP contribution in [-0.2, 0) is 0 Å². The molecule has 0 radical (unpaired) electrons. The summed E-state index contributed by atoms with van der Waals surface area (Å²) in [5.74, 6) is 6.46. The Morgan fingerprint density at radius 1 is 1.19 bits per heavy atom. The van der Waals surface area contributed by atoms with Gasteiger partial charge in [-0.15, -0.1) is 0 Å². The third-order valence-electron chi connectivity index (χ3n) is 2.56. The molecule has 0 saturated heterocycles. The van der Waals surface area contributed by atoms with E-state index in [1.54, 1.807) is 0 Å². The summed E-state index contributed by atoms with van der Waals surface area (Å²) >= 11 is 0. The minimum atomic E-state index is 1.01. The molecule has 1 aromatic rings. The van der Waals surface area contributed by atoms with E-state index in [9.17, 15) is 0 Å². The highest BCUT2D eigenvalue weighted by molar-refractivity contribution is 5.57. The van der Waals surface area contributed by atoms with Crippen LogP contribution in [-0.4, -0.2) is 0 Å². The Hall–Kier alpha value is -1.48.